The van der Waals surface area contributed by atoms with Crippen LogP contribution in [0.1, 0.15) is 29.7 Å². The number of nitrogens with two attached hydrogens (primary N) is 1. The zero-order valence-corrected chi connectivity index (χ0v) is 14.3. The number of hydrogen-bond donors (Lipinski definition) is 2. The number of hydrogen-bond acceptors (Lipinski definition) is 2. The molecular formula is C18H21Cl2NO. The fourth-order valence-electron chi connectivity index (χ4n) is 2.55. The summed E-state index contributed by atoms with van der Waals surface area (Å²) in [6.07, 6.45) is 0.0560. The van der Waals surface area contributed by atoms with Crippen LogP contribution >= 0.6 is 23.2 Å². The summed E-state index contributed by atoms with van der Waals surface area (Å²) in [5.74, 6) is 0.130. The van der Waals surface area contributed by atoms with Crippen molar-refractivity contribution in [1.82, 2.24) is 0 Å². The predicted molar refractivity (Wildman–Crippen MR) is 93.4 cm³/mol. The van der Waals surface area contributed by atoms with Gasteiger partial charge in [0.05, 0.1) is 16.1 Å². The van der Waals surface area contributed by atoms with Gasteiger partial charge in [-0.3, -0.25) is 0 Å². The van der Waals surface area contributed by atoms with Gasteiger partial charge in [-0.25, -0.2) is 0 Å². The monoisotopic (exact) mass is 337 g/mol. The van der Waals surface area contributed by atoms with Crippen LogP contribution in [-0.2, 0) is 6.42 Å². The Kier molecular flexibility index (Phi) is 5.87. The molecule has 0 saturated heterocycles. The van der Waals surface area contributed by atoms with Gasteiger partial charge in [-0.2, -0.15) is 0 Å². The fourth-order valence-corrected chi connectivity index (χ4v) is 2.86. The molecule has 0 aliphatic rings. The Morgan fingerprint density at radius 3 is 2.41 bits per heavy atom. The molecule has 3 atom stereocenters. The van der Waals surface area contributed by atoms with Crippen molar-refractivity contribution in [1.29, 1.82) is 0 Å². The number of aliphatic hydroxyl groups excluding tert-OH is 1. The first-order valence-corrected chi connectivity index (χ1v) is 8.09. The molecule has 2 nitrogen and oxygen atoms in total. The lowest BCUT2D eigenvalue weighted by atomic mass is 9.87. The molecule has 0 amide bonds. The molecule has 118 valence electrons. The second-order valence-electron chi connectivity index (χ2n) is 5.80. The van der Waals surface area contributed by atoms with E-state index >= 15 is 0 Å². The SMILES string of the molecule is Cc1ccccc1CC(C)C(N)C(O)c1ccc(Cl)c(Cl)c1. The van der Waals surface area contributed by atoms with Gasteiger partial charge in [-0.15, -0.1) is 0 Å². The first-order chi connectivity index (χ1) is 10.4. The van der Waals surface area contributed by atoms with E-state index in [-0.39, 0.29) is 12.0 Å². The van der Waals surface area contributed by atoms with Gasteiger partial charge in [0.1, 0.15) is 0 Å². The van der Waals surface area contributed by atoms with E-state index in [2.05, 4.69) is 26.0 Å². The van der Waals surface area contributed by atoms with Gasteiger partial charge in [-0.1, -0.05) is 60.5 Å². The van der Waals surface area contributed by atoms with E-state index in [9.17, 15) is 5.11 Å². The number of aliphatic hydroxyl groups is 1. The molecule has 0 aromatic heterocycles. The lowest BCUT2D eigenvalue weighted by Gasteiger charge is -2.26. The average Bonchev–Trinajstić information content (AvgIpc) is 2.50. The van der Waals surface area contributed by atoms with E-state index < -0.39 is 6.10 Å². The van der Waals surface area contributed by atoms with Crippen molar-refractivity contribution in [2.24, 2.45) is 11.7 Å². The lowest BCUT2D eigenvalue weighted by Crippen LogP contribution is -2.36. The molecule has 0 heterocycles. The zero-order chi connectivity index (χ0) is 16.3. The Morgan fingerprint density at radius 1 is 1.09 bits per heavy atom. The summed E-state index contributed by atoms with van der Waals surface area (Å²) in [6, 6.07) is 13.0. The summed E-state index contributed by atoms with van der Waals surface area (Å²) in [5, 5.41) is 11.4. The zero-order valence-electron chi connectivity index (χ0n) is 12.8. The van der Waals surface area contributed by atoms with E-state index in [1.165, 1.54) is 11.1 Å². The quantitative estimate of drug-likeness (QED) is 0.841. The van der Waals surface area contributed by atoms with E-state index in [0.29, 0.717) is 15.6 Å². The molecule has 22 heavy (non-hydrogen) atoms. The van der Waals surface area contributed by atoms with Crippen LogP contribution in [-0.4, -0.2) is 11.1 Å². The minimum absolute atomic E-state index is 0.130. The van der Waals surface area contributed by atoms with Crippen LogP contribution in [0.5, 0.6) is 0 Å². The molecule has 3 N–H and O–H groups in total. The molecule has 0 radical (unpaired) electrons. The summed E-state index contributed by atoms with van der Waals surface area (Å²) in [5.41, 5.74) is 9.44. The second-order valence-corrected chi connectivity index (χ2v) is 6.62. The van der Waals surface area contributed by atoms with Crippen molar-refractivity contribution >= 4 is 23.2 Å². The minimum Gasteiger partial charge on any atom is -0.387 e. The highest BCUT2D eigenvalue weighted by Gasteiger charge is 2.24. The number of aryl methyl sites for hydroxylation is 1. The summed E-state index contributed by atoms with van der Waals surface area (Å²) in [7, 11) is 0. The van der Waals surface area contributed by atoms with Crippen LogP contribution in [0.25, 0.3) is 0 Å². The van der Waals surface area contributed by atoms with Crippen LogP contribution < -0.4 is 5.73 Å². The summed E-state index contributed by atoms with van der Waals surface area (Å²) in [4.78, 5) is 0. The third-order valence-corrected chi connectivity index (χ3v) is 4.85. The van der Waals surface area contributed by atoms with Crippen molar-refractivity contribution < 1.29 is 5.11 Å². The van der Waals surface area contributed by atoms with Crippen molar-refractivity contribution in [3.8, 4) is 0 Å². The molecule has 2 aromatic rings. The maximum Gasteiger partial charge on any atom is 0.0944 e. The topological polar surface area (TPSA) is 46.2 Å². The average molecular weight is 338 g/mol. The normalized spacial score (nSPS) is 15.4. The summed E-state index contributed by atoms with van der Waals surface area (Å²) >= 11 is 11.9. The second kappa shape index (κ2) is 7.47. The molecule has 0 saturated carbocycles. The number of halogens is 2. The van der Waals surface area contributed by atoms with Gasteiger partial charge in [-0.05, 0) is 48.1 Å². The van der Waals surface area contributed by atoms with E-state index in [4.69, 9.17) is 28.9 Å². The number of benzene rings is 2. The Bertz CT molecular complexity index is 645. The molecule has 2 rings (SSSR count). The third-order valence-electron chi connectivity index (χ3n) is 4.11. The lowest BCUT2D eigenvalue weighted by molar-refractivity contribution is 0.121. The highest BCUT2D eigenvalue weighted by Crippen LogP contribution is 2.29. The minimum atomic E-state index is -0.770. The fraction of sp³-hybridized carbons (Fsp3) is 0.333. The summed E-state index contributed by atoms with van der Waals surface area (Å²) in [6.45, 7) is 4.14. The van der Waals surface area contributed by atoms with Gasteiger partial charge in [0.2, 0.25) is 0 Å². The maximum absolute atomic E-state index is 10.5. The van der Waals surface area contributed by atoms with E-state index in [0.717, 1.165) is 6.42 Å². The maximum atomic E-state index is 10.5. The molecule has 0 fully saturated rings. The third kappa shape index (κ3) is 4.02. The van der Waals surface area contributed by atoms with Crippen LogP contribution in [0, 0.1) is 12.8 Å². The molecule has 2 aromatic carbocycles. The van der Waals surface area contributed by atoms with E-state index in [1.807, 2.05) is 12.1 Å². The van der Waals surface area contributed by atoms with Crippen LogP contribution in [0.2, 0.25) is 10.0 Å². The molecule has 0 spiro atoms. The van der Waals surface area contributed by atoms with Gasteiger partial charge in [0, 0.05) is 6.04 Å². The van der Waals surface area contributed by atoms with Gasteiger partial charge in [0.15, 0.2) is 0 Å². The highest BCUT2D eigenvalue weighted by atomic mass is 35.5. The van der Waals surface area contributed by atoms with Crippen LogP contribution in [0.4, 0.5) is 0 Å². The Morgan fingerprint density at radius 2 is 1.77 bits per heavy atom. The van der Waals surface area contributed by atoms with Crippen molar-refractivity contribution in [2.75, 3.05) is 0 Å². The van der Waals surface area contributed by atoms with Crippen molar-refractivity contribution in [2.45, 2.75) is 32.4 Å². The smallest absolute Gasteiger partial charge is 0.0944 e. The standard InChI is InChI=1S/C18H21Cl2NO/c1-11-5-3-4-6-13(11)9-12(2)17(21)18(22)14-7-8-15(19)16(20)10-14/h3-8,10,12,17-18,22H,9,21H2,1-2H3. The predicted octanol–water partition coefficient (Wildman–Crippen LogP) is 4.54. The van der Waals surface area contributed by atoms with Gasteiger partial charge >= 0.3 is 0 Å². The molecule has 0 aliphatic heterocycles. The van der Waals surface area contributed by atoms with Gasteiger partial charge < -0.3 is 10.8 Å². The van der Waals surface area contributed by atoms with E-state index in [1.54, 1.807) is 18.2 Å². The van der Waals surface area contributed by atoms with Crippen molar-refractivity contribution in [3.63, 3.8) is 0 Å². The molecule has 0 bridgehead atoms. The van der Waals surface area contributed by atoms with Crippen LogP contribution in [0.3, 0.4) is 0 Å². The number of rotatable bonds is 5. The molecule has 3 unspecified atom stereocenters. The molecular weight excluding hydrogens is 317 g/mol. The summed E-state index contributed by atoms with van der Waals surface area (Å²) < 4.78 is 0. The van der Waals surface area contributed by atoms with Crippen LogP contribution in [0.15, 0.2) is 42.5 Å². The largest absolute Gasteiger partial charge is 0.387 e. The Hall–Kier alpha value is -1.06. The first kappa shape index (κ1) is 17.3. The Labute approximate surface area is 141 Å². The van der Waals surface area contributed by atoms with Gasteiger partial charge in [0.25, 0.3) is 0 Å². The Balaban J connectivity index is 2.10. The first-order valence-electron chi connectivity index (χ1n) is 7.33. The van der Waals surface area contributed by atoms with Crippen molar-refractivity contribution in [3.05, 3.63) is 69.2 Å². The highest BCUT2D eigenvalue weighted by molar-refractivity contribution is 6.42. The molecule has 4 heteroatoms. The molecule has 0 aliphatic carbocycles.